The van der Waals surface area contributed by atoms with Crippen LogP contribution in [0, 0.1) is 0 Å². The molecule has 2 aliphatic rings. The summed E-state index contributed by atoms with van der Waals surface area (Å²) >= 11 is 0. The van der Waals surface area contributed by atoms with Gasteiger partial charge < -0.3 is 15.2 Å². The molecule has 1 unspecified atom stereocenters. The number of anilines is 1. The Kier molecular flexibility index (Phi) is 6.26. The quantitative estimate of drug-likeness (QED) is 0.419. The first-order valence-electron chi connectivity index (χ1n) is 10.8. The van der Waals surface area contributed by atoms with E-state index in [1.807, 2.05) is 0 Å². The second-order valence-corrected chi connectivity index (χ2v) is 8.18. The summed E-state index contributed by atoms with van der Waals surface area (Å²) in [6.45, 7) is 0.350. The molecule has 11 heteroatoms. The van der Waals surface area contributed by atoms with Crippen molar-refractivity contribution in [3.8, 4) is 0 Å². The summed E-state index contributed by atoms with van der Waals surface area (Å²) in [6.07, 6.45) is 2.84. The highest BCUT2D eigenvalue weighted by atomic mass is 16.2. The van der Waals surface area contributed by atoms with Crippen LogP contribution in [-0.2, 0) is 23.1 Å². The Labute approximate surface area is 194 Å². The minimum absolute atomic E-state index is 0.0660. The molecule has 176 valence electrons. The fraction of sp³-hybridized carbons (Fsp3) is 0.304. The lowest BCUT2D eigenvalue weighted by atomic mass is 10.0. The zero-order valence-electron chi connectivity index (χ0n) is 18.4. The van der Waals surface area contributed by atoms with Gasteiger partial charge in [-0.3, -0.25) is 34.2 Å². The van der Waals surface area contributed by atoms with E-state index in [1.54, 1.807) is 37.5 Å². The largest absolute Gasteiger partial charge is 0.338 e. The maximum absolute atomic E-state index is 12.9. The van der Waals surface area contributed by atoms with Crippen molar-refractivity contribution in [2.24, 2.45) is 7.05 Å². The highest BCUT2D eigenvalue weighted by Crippen LogP contribution is 2.28. The maximum Gasteiger partial charge on any atom is 0.319 e. The average molecular weight is 465 g/mol. The number of urea groups is 1. The van der Waals surface area contributed by atoms with E-state index in [-0.39, 0.29) is 29.5 Å². The Morgan fingerprint density at radius 1 is 1.06 bits per heavy atom. The molecule has 0 radical (unpaired) electrons. The number of carbonyl (C=O) groups excluding carboxylic acids is 5. The molecule has 0 spiro atoms. The number of amides is 6. The Morgan fingerprint density at radius 2 is 1.82 bits per heavy atom. The Balaban J connectivity index is 1.32. The van der Waals surface area contributed by atoms with Crippen LogP contribution in [0.1, 0.15) is 45.5 Å². The molecule has 4 rings (SSSR count). The summed E-state index contributed by atoms with van der Waals surface area (Å²) < 4.78 is 1.39. The van der Waals surface area contributed by atoms with Crippen molar-refractivity contribution < 1.29 is 24.0 Å². The van der Waals surface area contributed by atoms with Gasteiger partial charge in [-0.25, -0.2) is 4.79 Å². The van der Waals surface area contributed by atoms with E-state index < -0.39 is 35.7 Å². The SMILES string of the molecule is Cn1ccc(NC(=O)NCCCc2ccc3c(c2)C(=O)N(C2CCC(=O)NC2=O)C3=O)cc1=O. The van der Waals surface area contributed by atoms with E-state index in [1.165, 1.54) is 10.6 Å². The molecule has 2 aliphatic heterocycles. The molecule has 1 aromatic carbocycles. The van der Waals surface area contributed by atoms with Gasteiger partial charge in [-0.15, -0.1) is 0 Å². The van der Waals surface area contributed by atoms with Gasteiger partial charge >= 0.3 is 6.03 Å². The summed E-state index contributed by atoms with van der Waals surface area (Å²) in [4.78, 5) is 73.7. The summed E-state index contributed by atoms with van der Waals surface area (Å²) in [6, 6.07) is 6.41. The molecule has 34 heavy (non-hydrogen) atoms. The number of benzene rings is 1. The minimum atomic E-state index is -0.999. The molecule has 3 heterocycles. The van der Waals surface area contributed by atoms with Crippen LogP contribution < -0.4 is 21.5 Å². The number of aryl methyl sites for hydroxylation is 2. The monoisotopic (exact) mass is 465 g/mol. The van der Waals surface area contributed by atoms with Crippen molar-refractivity contribution in [1.29, 1.82) is 0 Å². The number of hydrogen-bond donors (Lipinski definition) is 3. The standard InChI is InChI=1S/C23H23N5O6/c1-27-10-8-14(12-19(27)30)25-23(34)24-9-2-3-13-4-5-15-16(11-13)22(33)28(21(15)32)17-6-7-18(29)26-20(17)31/h4-5,8,10-12,17H,2-3,6-7,9H2,1H3,(H2,24,25,34)(H,26,29,31). The maximum atomic E-state index is 12.9. The normalized spacial score (nSPS) is 17.4. The summed E-state index contributed by atoms with van der Waals surface area (Å²) in [5.41, 5.74) is 1.41. The van der Waals surface area contributed by atoms with Crippen molar-refractivity contribution in [3.05, 3.63) is 63.6 Å². The van der Waals surface area contributed by atoms with Crippen molar-refractivity contribution >= 4 is 35.3 Å². The third kappa shape index (κ3) is 4.58. The fourth-order valence-corrected chi connectivity index (χ4v) is 3.97. The number of rotatable bonds is 6. The summed E-state index contributed by atoms with van der Waals surface area (Å²) in [7, 11) is 1.61. The van der Waals surface area contributed by atoms with E-state index in [0.29, 0.717) is 25.1 Å². The number of pyridine rings is 1. The predicted molar refractivity (Wildman–Crippen MR) is 120 cm³/mol. The summed E-state index contributed by atoms with van der Waals surface area (Å²) in [5.74, 6) is -2.17. The zero-order chi connectivity index (χ0) is 24.4. The van der Waals surface area contributed by atoms with Gasteiger partial charge in [-0.1, -0.05) is 6.07 Å². The molecular weight excluding hydrogens is 442 g/mol. The molecule has 11 nitrogen and oxygen atoms in total. The van der Waals surface area contributed by atoms with E-state index in [0.717, 1.165) is 10.5 Å². The zero-order valence-corrected chi connectivity index (χ0v) is 18.4. The molecular formula is C23H23N5O6. The third-order valence-electron chi connectivity index (χ3n) is 5.79. The lowest BCUT2D eigenvalue weighted by Crippen LogP contribution is -2.54. The van der Waals surface area contributed by atoms with Gasteiger partial charge in [0.2, 0.25) is 11.8 Å². The number of carbonyl (C=O) groups is 5. The van der Waals surface area contributed by atoms with Crippen molar-refractivity contribution in [3.63, 3.8) is 0 Å². The molecule has 1 fully saturated rings. The van der Waals surface area contributed by atoms with Crippen LogP contribution in [0.25, 0.3) is 0 Å². The van der Waals surface area contributed by atoms with Crippen LogP contribution in [0.3, 0.4) is 0 Å². The number of hydrogen-bond acceptors (Lipinski definition) is 6. The first-order chi connectivity index (χ1) is 16.2. The lowest BCUT2D eigenvalue weighted by Gasteiger charge is -2.27. The van der Waals surface area contributed by atoms with E-state index in [2.05, 4.69) is 16.0 Å². The molecule has 0 bridgehead atoms. The topological polar surface area (TPSA) is 147 Å². The Bertz CT molecular complexity index is 1270. The third-order valence-corrected chi connectivity index (χ3v) is 5.79. The van der Waals surface area contributed by atoms with Crippen LogP contribution >= 0.6 is 0 Å². The van der Waals surface area contributed by atoms with Crippen LogP contribution in [0.15, 0.2) is 41.3 Å². The van der Waals surface area contributed by atoms with Crippen LogP contribution in [0.4, 0.5) is 10.5 Å². The molecule has 1 aromatic heterocycles. The Hall–Kier alpha value is -4.28. The van der Waals surface area contributed by atoms with Gasteiger partial charge in [-0.2, -0.15) is 0 Å². The highest BCUT2D eigenvalue weighted by Gasteiger charge is 2.44. The van der Waals surface area contributed by atoms with Crippen molar-refractivity contribution in [2.45, 2.75) is 31.7 Å². The first-order valence-corrected chi connectivity index (χ1v) is 10.8. The predicted octanol–water partition coefficient (Wildman–Crippen LogP) is 0.541. The molecule has 6 amide bonds. The van der Waals surface area contributed by atoms with Gasteiger partial charge in [0.1, 0.15) is 6.04 Å². The molecule has 0 saturated carbocycles. The van der Waals surface area contributed by atoms with Gasteiger partial charge in [0.25, 0.3) is 17.4 Å². The van der Waals surface area contributed by atoms with Gasteiger partial charge in [0.15, 0.2) is 0 Å². The van der Waals surface area contributed by atoms with E-state index in [4.69, 9.17) is 0 Å². The molecule has 2 aromatic rings. The molecule has 1 atom stereocenters. The number of nitrogens with one attached hydrogen (secondary N) is 3. The lowest BCUT2D eigenvalue weighted by molar-refractivity contribution is -0.136. The first kappa shape index (κ1) is 22.9. The van der Waals surface area contributed by atoms with Crippen LogP contribution in [-0.4, -0.2) is 51.7 Å². The van der Waals surface area contributed by atoms with Crippen molar-refractivity contribution in [1.82, 2.24) is 20.1 Å². The van der Waals surface area contributed by atoms with E-state index >= 15 is 0 Å². The van der Waals surface area contributed by atoms with Gasteiger partial charge in [0, 0.05) is 38.0 Å². The number of fused-ring (bicyclic) bond motifs is 1. The molecule has 0 aliphatic carbocycles. The minimum Gasteiger partial charge on any atom is -0.338 e. The number of aromatic nitrogens is 1. The summed E-state index contributed by atoms with van der Waals surface area (Å²) in [5, 5.41) is 7.46. The van der Waals surface area contributed by atoms with Crippen LogP contribution in [0.2, 0.25) is 0 Å². The molecule has 1 saturated heterocycles. The molecule has 3 N–H and O–H groups in total. The number of nitrogens with zero attached hydrogens (tertiary/aromatic N) is 2. The van der Waals surface area contributed by atoms with E-state index in [9.17, 15) is 28.8 Å². The van der Waals surface area contributed by atoms with Gasteiger partial charge in [0.05, 0.1) is 11.1 Å². The number of piperidine rings is 1. The second-order valence-electron chi connectivity index (χ2n) is 8.18. The van der Waals surface area contributed by atoms with Crippen LogP contribution in [0.5, 0.6) is 0 Å². The van der Waals surface area contributed by atoms with Crippen molar-refractivity contribution in [2.75, 3.05) is 11.9 Å². The fourth-order valence-electron chi connectivity index (χ4n) is 3.97. The number of imide groups is 2. The average Bonchev–Trinajstić information content (AvgIpc) is 3.04. The second kappa shape index (κ2) is 9.30. The highest BCUT2D eigenvalue weighted by molar-refractivity contribution is 6.23. The smallest absolute Gasteiger partial charge is 0.319 e. The Morgan fingerprint density at radius 3 is 2.56 bits per heavy atom. The van der Waals surface area contributed by atoms with Gasteiger partial charge in [-0.05, 0) is 43.0 Å².